The Morgan fingerprint density at radius 3 is 2.50 bits per heavy atom. The van der Waals surface area contributed by atoms with Crippen LogP contribution in [-0.4, -0.2) is 67.3 Å². The number of anilines is 1. The summed E-state index contributed by atoms with van der Waals surface area (Å²) >= 11 is 0. The van der Waals surface area contributed by atoms with Crippen LogP contribution in [0.2, 0.25) is 0 Å². The number of piperidine rings is 1. The summed E-state index contributed by atoms with van der Waals surface area (Å²) in [6.07, 6.45) is 5.73. The quantitative estimate of drug-likeness (QED) is 0.429. The molecule has 2 atom stereocenters. The Labute approximate surface area is 210 Å². The molecular weight excluding hydrogens is 452 g/mol. The number of ether oxygens (including phenoxy) is 1. The molecule has 9 heteroatoms. The summed E-state index contributed by atoms with van der Waals surface area (Å²) < 4.78 is 5.18. The number of methoxy groups -OCH3 is 1. The lowest BCUT2D eigenvalue weighted by Gasteiger charge is -2.56. The van der Waals surface area contributed by atoms with Gasteiger partial charge < -0.3 is 9.64 Å². The fourth-order valence-corrected chi connectivity index (χ4v) is 5.28. The van der Waals surface area contributed by atoms with Crippen LogP contribution < -0.4 is 9.64 Å². The van der Waals surface area contributed by atoms with Gasteiger partial charge in [0.15, 0.2) is 5.82 Å². The Morgan fingerprint density at radius 2 is 1.83 bits per heavy atom. The van der Waals surface area contributed by atoms with Gasteiger partial charge in [-0.05, 0) is 50.1 Å². The summed E-state index contributed by atoms with van der Waals surface area (Å²) in [4.78, 5) is 23.6. The fraction of sp³-hybridized carbons (Fsp3) is 0.370. The van der Waals surface area contributed by atoms with Crippen molar-refractivity contribution < 1.29 is 4.74 Å². The summed E-state index contributed by atoms with van der Waals surface area (Å²) in [5, 5.41) is 7.33. The maximum Gasteiger partial charge on any atom is 0.212 e. The largest absolute Gasteiger partial charge is 0.481 e. The molecule has 2 unspecified atom stereocenters. The number of aromatic amines is 1. The average molecular weight is 483 g/mol. The molecule has 184 valence electrons. The van der Waals surface area contributed by atoms with E-state index < -0.39 is 0 Å². The van der Waals surface area contributed by atoms with Crippen molar-refractivity contribution in [3.05, 3.63) is 77.1 Å². The Kier molecular flexibility index (Phi) is 5.85. The van der Waals surface area contributed by atoms with Gasteiger partial charge in [-0.15, -0.1) is 0 Å². The van der Waals surface area contributed by atoms with Gasteiger partial charge in [-0.2, -0.15) is 5.10 Å². The van der Waals surface area contributed by atoms with Gasteiger partial charge in [0.05, 0.1) is 18.5 Å². The molecule has 7 rings (SSSR count). The minimum Gasteiger partial charge on any atom is -0.481 e. The highest BCUT2D eigenvalue weighted by molar-refractivity contribution is 5.57. The lowest BCUT2D eigenvalue weighted by atomic mass is 9.87. The van der Waals surface area contributed by atoms with E-state index in [0.717, 1.165) is 53.8 Å². The van der Waals surface area contributed by atoms with E-state index in [2.05, 4.69) is 48.2 Å². The van der Waals surface area contributed by atoms with Gasteiger partial charge in [-0.25, -0.2) is 19.9 Å². The van der Waals surface area contributed by atoms with Gasteiger partial charge >= 0.3 is 0 Å². The smallest absolute Gasteiger partial charge is 0.212 e. The molecule has 2 bridgehead atoms. The zero-order valence-corrected chi connectivity index (χ0v) is 20.8. The van der Waals surface area contributed by atoms with Crippen LogP contribution in [0.1, 0.15) is 34.8 Å². The lowest BCUT2D eigenvalue weighted by molar-refractivity contribution is -0.00876. The molecule has 0 saturated carbocycles. The second-order valence-corrected chi connectivity index (χ2v) is 9.78. The Morgan fingerprint density at radius 1 is 0.972 bits per heavy atom. The van der Waals surface area contributed by atoms with Crippen LogP contribution >= 0.6 is 0 Å². The number of hydrogen-bond donors (Lipinski definition) is 1. The number of hydrogen-bond acceptors (Lipinski definition) is 8. The summed E-state index contributed by atoms with van der Waals surface area (Å²) in [6.45, 7) is 6.90. The fourth-order valence-electron chi connectivity index (χ4n) is 5.28. The van der Waals surface area contributed by atoms with Crippen LogP contribution in [0.4, 0.5) is 5.82 Å². The molecule has 0 aromatic carbocycles. The Hall–Kier alpha value is -3.85. The third-order valence-electron chi connectivity index (χ3n) is 7.07. The first-order valence-corrected chi connectivity index (χ1v) is 12.4. The highest BCUT2D eigenvalue weighted by atomic mass is 16.5. The molecule has 0 spiro atoms. The van der Waals surface area contributed by atoms with Crippen molar-refractivity contribution >= 4 is 5.82 Å². The molecular formula is C27H30N8O. The van der Waals surface area contributed by atoms with Crippen molar-refractivity contribution in [2.24, 2.45) is 0 Å². The van der Waals surface area contributed by atoms with E-state index >= 15 is 0 Å². The first-order valence-electron chi connectivity index (χ1n) is 12.4. The third-order valence-corrected chi connectivity index (χ3v) is 7.07. The van der Waals surface area contributed by atoms with Crippen LogP contribution in [0.15, 0.2) is 48.8 Å². The van der Waals surface area contributed by atoms with Crippen molar-refractivity contribution in [1.29, 1.82) is 0 Å². The molecule has 36 heavy (non-hydrogen) atoms. The van der Waals surface area contributed by atoms with E-state index in [1.165, 1.54) is 12.0 Å². The van der Waals surface area contributed by atoms with Crippen LogP contribution in [0, 0.1) is 13.8 Å². The Bertz CT molecular complexity index is 1340. The van der Waals surface area contributed by atoms with E-state index in [1.807, 2.05) is 44.4 Å². The standard InChI is InChI=1S/C27H30N8O/c1-17-8-21(10-22-9-18(2)32-33-22)31-27(30-17)20-5-6-25(28-13-20)34-15-23-11-24(16-34)35(23)14-19-4-7-26(36-3)29-12-19/h4-9,12-13,23-24H,10-11,14-16H2,1-3H3,(H,32,33). The van der Waals surface area contributed by atoms with Crippen molar-refractivity contribution in [1.82, 2.24) is 35.0 Å². The first kappa shape index (κ1) is 22.6. The number of H-pyrrole nitrogens is 1. The maximum atomic E-state index is 5.18. The molecule has 3 fully saturated rings. The average Bonchev–Trinajstić information content (AvgIpc) is 3.31. The molecule has 4 aromatic rings. The molecule has 0 aliphatic carbocycles. The van der Waals surface area contributed by atoms with Gasteiger partial charge in [0.2, 0.25) is 5.88 Å². The molecule has 1 N–H and O–H groups in total. The van der Waals surface area contributed by atoms with E-state index in [1.54, 1.807) is 7.11 Å². The Balaban J connectivity index is 1.11. The summed E-state index contributed by atoms with van der Waals surface area (Å²) in [7, 11) is 1.64. The lowest BCUT2D eigenvalue weighted by Crippen LogP contribution is -2.68. The number of pyridine rings is 2. The number of piperazine rings is 1. The van der Waals surface area contributed by atoms with Crippen molar-refractivity contribution in [3.8, 4) is 17.3 Å². The number of aromatic nitrogens is 6. The van der Waals surface area contributed by atoms with Crippen LogP contribution in [0.5, 0.6) is 5.88 Å². The van der Waals surface area contributed by atoms with Crippen molar-refractivity contribution in [3.63, 3.8) is 0 Å². The highest BCUT2D eigenvalue weighted by Crippen LogP contribution is 2.35. The van der Waals surface area contributed by atoms with E-state index in [9.17, 15) is 0 Å². The van der Waals surface area contributed by atoms with Gasteiger partial charge in [0, 0.05) is 73.6 Å². The molecule has 3 saturated heterocycles. The van der Waals surface area contributed by atoms with Gasteiger partial charge in [0.1, 0.15) is 5.82 Å². The SMILES string of the molecule is COc1ccc(CN2C3CC2CN(c2ccc(-c4nc(C)cc(Cc5cc(C)[nH]n5)n4)cn2)C3)cn1. The number of rotatable bonds is 7. The van der Waals surface area contributed by atoms with Gasteiger partial charge in [-0.3, -0.25) is 10.00 Å². The van der Waals surface area contributed by atoms with Crippen molar-refractivity contribution in [2.45, 2.75) is 45.3 Å². The van der Waals surface area contributed by atoms with Gasteiger partial charge in [0.25, 0.3) is 0 Å². The minimum absolute atomic E-state index is 0.542. The topological polar surface area (TPSA) is 96.0 Å². The predicted octanol–water partition coefficient (Wildman–Crippen LogP) is 3.34. The molecule has 4 aromatic heterocycles. The highest BCUT2D eigenvalue weighted by Gasteiger charge is 2.44. The van der Waals surface area contributed by atoms with Crippen molar-refractivity contribution in [2.75, 3.05) is 25.1 Å². The second kappa shape index (κ2) is 9.31. The monoisotopic (exact) mass is 482 g/mol. The molecule has 3 aliphatic heterocycles. The molecule has 0 amide bonds. The number of fused-ring (bicyclic) bond motifs is 2. The second-order valence-electron chi connectivity index (χ2n) is 9.78. The third kappa shape index (κ3) is 4.54. The van der Waals surface area contributed by atoms with Gasteiger partial charge in [-0.1, -0.05) is 6.07 Å². The summed E-state index contributed by atoms with van der Waals surface area (Å²) in [5.41, 5.74) is 6.07. The van der Waals surface area contributed by atoms with Crippen LogP contribution in [0.25, 0.3) is 11.4 Å². The van der Waals surface area contributed by atoms with E-state index in [-0.39, 0.29) is 0 Å². The summed E-state index contributed by atoms with van der Waals surface area (Å²) in [5.74, 6) is 2.37. The first-order chi connectivity index (χ1) is 17.5. The molecule has 9 nitrogen and oxygen atoms in total. The number of nitrogens with one attached hydrogen (secondary N) is 1. The van der Waals surface area contributed by atoms with E-state index in [0.29, 0.717) is 30.2 Å². The van der Waals surface area contributed by atoms with E-state index in [4.69, 9.17) is 14.7 Å². The van der Waals surface area contributed by atoms with Crippen LogP contribution in [-0.2, 0) is 13.0 Å². The molecule has 3 aliphatic rings. The maximum absolute atomic E-state index is 5.18. The number of nitrogens with zero attached hydrogens (tertiary/aromatic N) is 7. The zero-order chi connectivity index (χ0) is 24.6. The predicted molar refractivity (Wildman–Crippen MR) is 137 cm³/mol. The molecule has 7 heterocycles. The number of aryl methyl sites for hydroxylation is 2. The normalized spacial score (nSPS) is 19.2. The van der Waals surface area contributed by atoms with Crippen LogP contribution in [0.3, 0.4) is 0 Å². The molecule has 0 radical (unpaired) electrons. The zero-order valence-electron chi connectivity index (χ0n) is 20.8. The summed E-state index contributed by atoms with van der Waals surface area (Å²) in [6, 6.07) is 13.4. The minimum atomic E-state index is 0.542.